The van der Waals surface area contributed by atoms with Crippen molar-refractivity contribution in [1.82, 2.24) is 5.48 Å². The summed E-state index contributed by atoms with van der Waals surface area (Å²) in [6.07, 6.45) is -12.9. The van der Waals surface area contributed by atoms with Crippen LogP contribution in [0.5, 0.6) is 0 Å². The van der Waals surface area contributed by atoms with E-state index in [0.717, 1.165) is 0 Å². The van der Waals surface area contributed by atoms with Crippen molar-refractivity contribution in [2.24, 2.45) is 0 Å². The van der Waals surface area contributed by atoms with E-state index in [1.165, 1.54) is 0 Å². The molecule has 0 bridgehead atoms. The van der Waals surface area contributed by atoms with Crippen molar-refractivity contribution in [2.75, 3.05) is 13.2 Å². The molecule has 2 rings (SSSR count). The van der Waals surface area contributed by atoms with Crippen LogP contribution < -0.4 is 5.48 Å². The van der Waals surface area contributed by atoms with E-state index >= 15 is 0 Å². The minimum Gasteiger partial charge on any atom is -0.394 e. The number of hydrogen-bond acceptors (Lipinski definition) is 11. The predicted molar refractivity (Wildman–Crippen MR) is 65.7 cm³/mol. The van der Waals surface area contributed by atoms with E-state index < -0.39 is 68.5 Å². The lowest BCUT2D eigenvalue weighted by atomic mass is 9.99. The molecule has 6 unspecified atom stereocenters. The van der Waals surface area contributed by atoms with Crippen LogP contribution in [0.2, 0.25) is 0 Å². The van der Waals surface area contributed by atoms with Crippen LogP contribution in [0.3, 0.4) is 0 Å². The maximum absolute atomic E-state index is 9.87. The molecule has 2 aliphatic rings. The van der Waals surface area contributed by atoms with Gasteiger partial charge in [-0.05, 0) is 0 Å². The van der Waals surface area contributed by atoms with Gasteiger partial charge in [0, 0.05) is 0 Å². The summed E-state index contributed by atoms with van der Waals surface area (Å²) >= 11 is 0. The smallest absolute Gasteiger partial charge is 0.187 e. The molecule has 0 saturated carbocycles. The minimum absolute atomic E-state index is 0.571. The molecule has 2 aliphatic heterocycles. The zero-order valence-electron chi connectivity index (χ0n) is 11.5. The number of hydroxylamine groups is 1. The summed E-state index contributed by atoms with van der Waals surface area (Å²) in [5, 5.41) is 66.8. The quantitative estimate of drug-likeness (QED) is 0.247. The van der Waals surface area contributed by atoms with Crippen molar-refractivity contribution in [3.63, 3.8) is 0 Å². The molecule has 0 aromatic rings. The number of ether oxygens (including phenoxy) is 2. The zero-order valence-corrected chi connectivity index (χ0v) is 11.5. The van der Waals surface area contributed by atoms with Crippen LogP contribution in [0.15, 0.2) is 0 Å². The summed E-state index contributed by atoms with van der Waals surface area (Å²) in [5.74, 6) is 0. The number of aliphatic hydroxyl groups excluding tert-OH is 7. The van der Waals surface area contributed by atoms with E-state index in [-0.39, 0.29) is 0 Å². The summed E-state index contributed by atoms with van der Waals surface area (Å²) in [6, 6.07) is 0. The number of aliphatic hydroxyl groups is 7. The Morgan fingerprint density at radius 2 is 1.45 bits per heavy atom. The van der Waals surface area contributed by atoms with Gasteiger partial charge in [-0.15, -0.1) is 0 Å². The summed E-state index contributed by atoms with van der Waals surface area (Å²) in [5.41, 5.74) is 2.08. The Kier molecular flexibility index (Phi) is 6.04. The van der Waals surface area contributed by atoms with E-state index in [1.807, 2.05) is 0 Å². The number of hydrogen-bond donors (Lipinski definition) is 8. The van der Waals surface area contributed by atoms with Crippen LogP contribution in [0.25, 0.3) is 0 Å². The number of rotatable bonds is 4. The Balaban J connectivity index is 2.09. The van der Waals surface area contributed by atoms with E-state index in [4.69, 9.17) is 19.4 Å². The first-order valence-electron chi connectivity index (χ1n) is 6.74. The van der Waals surface area contributed by atoms with Gasteiger partial charge in [0.25, 0.3) is 0 Å². The second-order valence-corrected chi connectivity index (χ2v) is 5.19. The molecule has 0 aromatic heterocycles. The average molecular weight is 327 g/mol. The van der Waals surface area contributed by atoms with Crippen molar-refractivity contribution >= 4 is 0 Å². The summed E-state index contributed by atoms with van der Waals surface area (Å²) in [4.78, 5) is 4.87. The Hall–Kier alpha value is -0.440. The van der Waals surface area contributed by atoms with Gasteiger partial charge in [-0.25, -0.2) is 0 Å². The molecule has 2 fully saturated rings. The van der Waals surface area contributed by atoms with Gasteiger partial charge >= 0.3 is 0 Å². The van der Waals surface area contributed by atoms with Crippen molar-refractivity contribution in [2.45, 2.75) is 55.2 Å². The van der Waals surface area contributed by atoms with Crippen molar-refractivity contribution in [1.29, 1.82) is 0 Å². The van der Waals surface area contributed by atoms with Crippen LogP contribution in [-0.2, 0) is 14.3 Å². The highest BCUT2D eigenvalue weighted by atomic mass is 16.7. The van der Waals surface area contributed by atoms with Crippen LogP contribution in [0.1, 0.15) is 0 Å². The molecule has 9 atom stereocenters. The molecular formula is C11H21NO10. The topological polar surface area (TPSA) is 181 Å². The summed E-state index contributed by atoms with van der Waals surface area (Å²) in [7, 11) is 0. The molecule has 2 saturated heterocycles. The fourth-order valence-electron chi connectivity index (χ4n) is 2.34. The van der Waals surface area contributed by atoms with Crippen LogP contribution >= 0.6 is 0 Å². The van der Waals surface area contributed by atoms with E-state index in [1.54, 1.807) is 0 Å². The molecule has 0 spiro atoms. The van der Waals surface area contributed by atoms with Gasteiger partial charge in [0.1, 0.15) is 42.7 Å². The third-order valence-corrected chi connectivity index (χ3v) is 3.69. The molecule has 22 heavy (non-hydrogen) atoms. The van der Waals surface area contributed by atoms with Crippen LogP contribution in [-0.4, -0.2) is 104 Å². The molecule has 0 radical (unpaired) electrons. The Bertz CT molecular complexity index is 356. The van der Waals surface area contributed by atoms with Gasteiger partial charge in [-0.3, -0.25) is 4.84 Å². The van der Waals surface area contributed by atoms with Crippen LogP contribution in [0, 0.1) is 0 Å². The molecule has 130 valence electrons. The fourth-order valence-corrected chi connectivity index (χ4v) is 2.34. The maximum Gasteiger partial charge on any atom is 0.187 e. The molecule has 0 amide bonds. The highest BCUT2D eigenvalue weighted by Crippen LogP contribution is 2.26. The van der Waals surface area contributed by atoms with Crippen LogP contribution in [0.4, 0.5) is 0 Å². The lowest BCUT2D eigenvalue weighted by molar-refractivity contribution is -0.345. The lowest BCUT2D eigenvalue weighted by Crippen LogP contribution is -2.64. The molecule has 0 aliphatic carbocycles. The first kappa shape index (κ1) is 17.9. The standard InChI is InChI=1S/C11H21NO10/c13-1-3-5(15)6(16)7(17)11(20-3)21-9-4(2-14)22-12-10(19)8(9)18/h3-19H,1-2H2/t3?,4?,5-,6?,7?,8?,9+,10?,11-/m0/s1. The molecule has 2 heterocycles. The fraction of sp³-hybridized carbons (Fsp3) is 1.00. The first-order valence-corrected chi connectivity index (χ1v) is 6.74. The third-order valence-electron chi connectivity index (χ3n) is 3.69. The minimum atomic E-state index is -1.67. The maximum atomic E-state index is 9.87. The van der Waals surface area contributed by atoms with Gasteiger partial charge in [-0.2, -0.15) is 5.48 Å². The first-order chi connectivity index (χ1) is 10.4. The van der Waals surface area contributed by atoms with Gasteiger partial charge in [-0.1, -0.05) is 0 Å². The lowest BCUT2D eigenvalue weighted by Gasteiger charge is -2.44. The number of nitrogens with one attached hydrogen (secondary N) is 1. The van der Waals surface area contributed by atoms with Crippen molar-refractivity contribution < 1.29 is 50.1 Å². The van der Waals surface area contributed by atoms with E-state index in [0.29, 0.717) is 0 Å². The SMILES string of the molecule is OCC1O[C@@H](O[C@@H]2C(CO)ONC(O)C2O)C(O)C(O)[C@H]1O. The molecular weight excluding hydrogens is 306 g/mol. The molecule has 8 N–H and O–H groups in total. The van der Waals surface area contributed by atoms with Crippen molar-refractivity contribution in [3.8, 4) is 0 Å². The second-order valence-electron chi connectivity index (χ2n) is 5.19. The Morgan fingerprint density at radius 3 is 2.05 bits per heavy atom. The summed E-state index contributed by atoms with van der Waals surface area (Å²) in [6.45, 7) is -1.21. The highest BCUT2D eigenvalue weighted by Gasteiger charge is 2.48. The molecule has 11 nitrogen and oxygen atoms in total. The van der Waals surface area contributed by atoms with E-state index in [9.17, 15) is 30.6 Å². The normalized spacial score (nSPS) is 50.0. The Labute approximate surface area is 125 Å². The van der Waals surface area contributed by atoms with Gasteiger partial charge in [0.15, 0.2) is 12.5 Å². The monoisotopic (exact) mass is 327 g/mol. The van der Waals surface area contributed by atoms with Crippen molar-refractivity contribution in [3.05, 3.63) is 0 Å². The molecule has 0 aromatic carbocycles. The van der Waals surface area contributed by atoms with Gasteiger partial charge < -0.3 is 45.2 Å². The highest BCUT2D eigenvalue weighted by molar-refractivity contribution is 4.91. The van der Waals surface area contributed by atoms with Gasteiger partial charge in [0.2, 0.25) is 0 Å². The average Bonchev–Trinajstić information content (AvgIpc) is 2.52. The summed E-state index contributed by atoms with van der Waals surface area (Å²) < 4.78 is 10.4. The Morgan fingerprint density at radius 1 is 0.818 bits per heavy atom. The molecule has 11 heteroatoms. The van der Waals surface area contributed by atoms with E-state index in [2.05, 4.69) is 5.48 Å². The predicted octanol–water partition coefficient (Wildman–Crippen LogP) is -5.25. The van der Waals surface area contributed by atoms with Gasteiger partial charge in [0.05, 0.1) is 13.2 Å². The zero-order chi connectivity index (χ0) is 16.4. The largest absolute Gasteiger partial charge is 0.394 e. The second kappa shape index (κ2) is 7.42. The third kappa shape index (κ3) is 3.39.